The fourth-order valence-electron chi connectivity index (χ4n) is 1.43. The van der Waals surface area contributed by atoms with E-state index >= 15 is 0 Å². The Bertz CT molecular complexity index is 429. The molecule has 1 aromatic heterocycles. The van der Waals surface area contributed by atoms with Crippen LogP contribution in [0.1, 0.15) is 16.5 Å². The molecule has 0 amide bonds. The van der Waals surface area contributed by atoms with Gasteiger partial charge in [0, 0.05) is 5.02 Å². The Kier molecular flexibility index (Phi) is 3.84. The van der Waals surface area contributed by atoms with E-state index in [-0.39, 0.29) is 6.04 Å². The largest absolute Gasteiger partial charge is 0.271 e. The number of benzene rings is 1. The van der Waals surface area contributed by atoms with Crippen molar-refractivity contribution in [3.8, 4) is 0 Å². The molecule has 1 atom stereocenters. The third-order valence-corrected chi connectivity index (χ3v) is 3.30. The Balaban J connectivity index is 2.10. The lowest BCUT2D eigenvalue weighted by Crippen LogP contribution is -2.28. The van der Waals surface area contributed by atoms with E-state index in [1.54, 1.807) is 6.20 Å². The molecule has 0 fully saturated rings. The highest BCUT2D eigenvalue weighted by atomic mass is 35.5. The SMILES string of the molecule is NNC(Cc1ccc(Cl)cc1)c1cnns1. The lowest BCUT2D eigenvalue weighted by atomic mass is 10.1. The molecule has 2 aromatic rings. The maximum absolute atomic E-state index is 5.82. The number of hydrogen-bond acceptors (Lipinski definition) is 5. The van der Waals surface area contributed by atoms with Crippen molar-refractivity contribution in [1.29, 1.82) is 0 Å². The highest BCUT2D eigenvalue weighted by molar-refractivity contribution is 7.05. The highest BCUT2D eigenvalue weighted by Gasteiger charge is 2.12. The number of halogens is 1. The van der Waals surface area contributed by atoms with E-state index in [1.165, 1.54) is 17.1 Å². The molecule has 0 saturated carbocycles. The summed E-state index contributed by atoms with van der Waals surface area (Å²) in [5, 5.41) is 4.54. The van der Waals surface area contributed by atoms with Crippen molar-refractivity contribution in [2.75, 3.05) is 0 Å². The van der Waals surface area contributed by atoms with Gasteiger partial charge in [0.25, 0.3) is 0 Å². The van der Waals surface area contributed by atoms with Crippen LogP contribution in [0.3, 0.4) is 0 Å². The minimum Gasteiger partial charge on any atom is -0.271 e. The van der Waals surface area contributed by atoms with Gasteiger partial charge in [-0.05, 0) is 35.6 Å². The molecule has 1 unspecified atom stereocenters. The summed E-state index contributed by atoms with van der Waals surface area (Å²) in [7, 11) is 0. The Morgan fingerprint density at radius 3 is 2.69 bits per heavy atom. The van der Waals surface area contributed by atoms with Gasteiger partial charge >= 0.3 is 0 Å². The molecule has 0 saturated heterocycles. The smallest absolute Gasteiger partial charge is 0.0670 e. The molecule has 0 aliphatic carbocycles. The summed E-state index contributed by atoms with van der Waals surface area (Å²) in [6, 6.07) is 7.76. The van der Waals surface area contributed by atoms with E-state index in [9.17, 15) is 0 Å². The molecule has 1 heterocycles. The fraction of sp³-hybridized carbons (Fsp3) is 0.200. The molecule has 84 valence electrons. The summed E-state index contributed by atoms with van der Waals surface area (Å²) in [6.45, 7) is 0. The zero-order chi connectivity index (χ0) is 11.4. The molecular weight excluding hydrogens is 244 g/mol. The molecule has 1 aromatic carbocycles. The monoisotopic (exact) mass is 254 g/mol. The van der Waals surface area contributed by atoms with Crippen molar-refractivity contribution in [3.63, 3.8) is 0 Å². The number of hydrazine groups is 1. The van der Waals surface area contributed by atoms with E-state index < -0.39 is 0 Å². The minimum atomic E-state index is 0.0428. The summed E-state index contributed by atoms with van der Waals surface area (Å²) in [5.74, 6) is 5.52. The van der Waals surface area contributed by atoms with Gasteiger partial charge in [-0.1, -0.05) is 28.2 Å². The Morgan fingerprint density at radius 2 is 2.12 bits per heavy atom. The highest BCUT2D eigenvalue weighted by Crippen LogP contribution is 2.20. The summed E-state index contributed by atoms with van der Waals surface area (Å²) in [6.07, 6.45) is 2.52. The second kappa shape index (κ2) is 5.36. The normalized spacial score (nSPS) is 12.6. The van der Waals surface area contributed by atoms with Crippen molar-refractivity contribution >= 4 is 23.1 Å². The standard InChI is InChI=1S/C10H11ClN4S/c11-8-3-1-7(2-4-8)5-9(14-12)10-6-13-15-16-10/h1-4,6,9,14H,5,12H2. The van der Waals surface area contributed by atoms with Crippen LogP contribution in [-0.4, -0.2) is 9.59 Å². The van der Waals surface area contributed by atoms with Crippen molar-refractivity contribution in [2.24, 2.45) is 5.84 Å². The topological polar surface area (TPSA) is 63.8 Å². The maximum atomic E-state index is 5.82. The summed E-state index contributed by atoms with van der Waals surface area (Å²) < 4.78 is 3.82. The number of aromatic nitrogens is 2. The lowest BCUT2D eigenvalue weighted by molar-refractivity contribution is 0.560. The first-order valence-corrected chi connectivity index (χ1v) is 5.92. The van der Waals surface area contributed by atoms with Crippen molar-refractivity contribution < 1.29 is 0 Å². The first-order chi connectivity index (χ1) is 7.79. The van der Waals surface area contributed by atoms with Gasteiger partial charge in [-0.15, -0.1) is 5.10 Å². The Hall–Kier alpha value is -1.01. The van der Waals surface area contributed by atoms with Crippen LogP contribution < -0.4 is 11.3 Å². The van der Waals surface area contributed by atoms with Gasteiger partial charge in [-0.25, -0.2) is 0 Å². The molecule has 16 heavy (non-hydrogen) atoms. The van der Waals surface area contributed by atoms with Crippen molar-refractivity contribution in [1.82, 2.24) is 15.0 Å². The summed E-state index contributed by atoms with van der Waals surface area (Å²) >= 11 is 7.17. The third kappa shape index (κ3) is 2.76. The second-order valence-corrected chi connectivity index (χ2v) is 4.62. The van der Waals surface area contributed by atoms with Crippen LogP contribution in [0.15, 0.2) is 30.5 Å². The zero-order valence-corrected chi connectivity index (χ0v) is 10.0. The molecule has 3 N–H and O–H groups in total. The number of nitrogens with two attached hydrogens (primary N) is 1. The fourth-order valence-corrected chi connectivity index (χ4v) is 2.11. The van der Waals surface area contributed by atoms with Crippen LogP contribution >= 0.6 is 23.1 Å². The van der Waals surface area contributed by atoms with E-state index in [0.29, 0.717) is 0 Å². The first kappa shape index (κ1) is 11.5. The van der Waals surface area contributed by atoms with Gasteiger partial charge in [0.1, 0.15) is 0 Å². The van der Waals surface area contributed by atoms with Crippen LogP contribution in [0.2, 0.25) is 5.02 Å². The van der Waals surface area contributed by atoms with Gasteiger partial charge in [-0.2, -0.15) is 0 Å². The zero-order valence-electron chi connectivity index (χ0n) is 8.43. The van der Waals surface area contributed by atoms with Crippen LogP contribution in [0, 0.1) is 0 Å². The van der Waals surface area contributed by atoms with E-state index in [4.69, 9.17) is 17.4 Å². The van der Waals surface area contributed by atoms with Crippen molar-refractivity contribution in [2.45, 2.75) is 12.5 Å². The van der Waals surface area contributed by atoms with Gasteiger partial charge in [0.05, 0.1) is 17.1 Å². The molecule has 0 radical (unpaired) electrons. The lowest BCUT2D eigenvalue weighted by Gasteiger charge is -2.12. The maximum Gasteiger partial charge on any atom is 0.0670 e. The number of nitrogens with zero attached hydrogens (tertiary/aromatic N) is 2. The molecule has 0 aliphatic heterocycles. The average Bonchev–Trinajstić information content (AvgIpc) is 2.82. The molecule has 6 heteroatoms. The first-order valence-electron chi connectivity index (χ1n) is 4.77. The predicted octanol–water partition coefficient (Wildman–Crippen LogP) is 1.94. The van der Waals surface area contributed by atoms with Gasteiger partial charge in [-0.3, -0.25) is 11.3 Å². The van der Waals surface area contributed by atoms with E-state index in [0.717, 1.165) is 16.3 Å². The Morgan fingerprint density at radius 1 is 1.38 bits per heavy atom. The summed E-state index contributed by atoms with van der Waals surface area (Å²) in [4.78, 5) is 1.03. The van der Waals surface area contributed by atoms with Gasteiger partial charge in [0.2, 0.25) is 0 Å². The quantitative estimate of drug-likeness (QED) is 0.647. The van der Waals surface area contributed by atoms with Gasteiger partial charge in [0.15, 0.2) is 0 Å². The molecule has 0 aliphatic rings. The molecule has 0 bridgehead atoms. The minimum absolute atomic E-state index is 0.0428. The van der Waals surface area contributed by atoms with E-state index in [2.05, 4.69) is 15.0 Å². The number of nitrogens with one attached hydrogen (secondary N) is 1. The van der Waals surface area contributed by atoms with Crippen LogP contribution in [0.5, 0.6) is 0 Å². The second-order valence-electron chi connectivity index (χ2n) is 3.37. The van der Waals surface area contributed by atoms with Crippen LogP contribution in [-0.2, 0) is 6.42 Å². The summed E-state index contributed by atoms with van der Waals surface area (Å²) in [5.41, 5.74) is 3.93. The third-order valence-electron chi connectivity index (χ3n) is 2.28. The number of rotatable bonds is 4. The average molecular weight is 255 g/mol. The predicted molar refractivity (Wildman–Crippen MR) is 65.1 cm³/mol. The van der Waals surface area contributed by atoms with Crippen LogP contribution in [0.25, 0.3) is 0 Å². The van der Waals surface area contributed by atoms with Crippen LogP contribution in [0.4, 0.5) is 0 Å². The molecular formula is C10H11ClN4S. The van der Waals surface area contributed by atoms with E-state index in [1.807, 2.05) is 24.3 Å². The van der Waals surface area contributed by atoms with Crippen molar-refractivity contribution in [3.05, 3.63) is 45.9 Å². The van der Waals surface area contributed by atoms with Gasteiger partial charge < -0.3 is 0 Å². The number of hydrogen-bond donors (Lipinski definition) is 2. The molecule has 0 spiro atoms. The molecule has 4 nitrogen and oxygen atoms in total. The molecule has 2 rings (SSSR count). The Labute approximate surface area is 103 Å².